The Morgan fingerprint density at radius 1 is 1.07 bits per heavy atom. The maximum absolute atomic E-state index is 15.8. The minimum atomic E-state index is -1.28. The van der Waals surface area contributed by atoms with Gasteiger partial charge in [0.15, 0.2) is 0 Å². The zero-order valence-electron chi connectivity index (χ0n) is 23.5. The minimum absolute atomic E-state index is 0.0596. The Balaban J connectivity index is 1.56. The van der Waals surface area contributed by atoms with E-state index in [0.29, 0.717) is 18.5 Å². The van der Waals surface area contributed by atoms with Gasteiger partial charge in [0.2, 0.25) is 5.91 Å². The van der Waals surface area contributed by atoms with Gasteiger partial charge in [0.25, 0.3) is 0 Å². The Bertz CT molecular complexity index is 1380. The lowest BCUT2D eigenvalue weighted by molar-refractivity contribution is -0.143. The van der Waals surface area contributed by atoms with E-state index in [9.17, 15) is 9.59 Å². The summed E-state index contributed by atoms with van der Waals surface area (Å²) >= 11 is 6.26. The fraction of sp³-hybridized carbons (Fsp3) is 0.533. The number of ether oxygens (including phenoxy) is 1. The zero-order chi connectivity index (χ0) is 28.7. The van der Waals surface area contributed by atoms with Crippen molar-refractivity contribution in [1.29, 1.82) is 0 Å². The van der Waals surface area contributed by atoms with E-state index in [1.165, 1.54) is 13.2 Å². The summed E-state index contributed by atoms with van der Waals surface area (Å²) in [5, 5.41) is 6.61. The standard InChI is InChI=1S/C30H35BClFN2O5/c1-27(2)28(3,4)40-31(39-27)17-12-13-19-21(16-17)34-26(37)30(19)22(18-10-9-11-20(32)23(18)33)24(25(36)38-5)35-29(30)14-7-6-8-15-29/h9-13,16,22,24,35H,6-8,14-15H2,1-5H3,(H,34,37)/t22-,24+,30+/m0/s1. The van der Waals surface area contributed by atoms with Gasteiger partial charge in [0, 0.05) is 17.1 Å². The van der Waals surface area contributed by atoms with Crippen LogP contribution in [-0.4, -0.2) is 48.9 Å². The fourth-order valence-electron chi connectivity index (χ4n) is 7.49. The number of halogens is 2. The second kappa shape index (κ2) is 9.28. The van der Waals surface area contributed by atoms with E-state index in [1.807, 2.05) is 45.9 Å². The summed E-state index contributed by atoms with van der Waals surface area (Å²) in [4.78, 5) is 27.8. The highest BCUT2D eigenvalue weighted by Crippen LogP contribution is 2.62. The van der Waals surface area contributed by atoms with Crippen molar-refractivity contribution in [3.8, 4) is 0 Å². The highest BCUT2D eigenvalue weighted by atomic mass is 35.5. The fourth-order valence-corrected chi connectivity index (χ4v) is 7.68. The molecule has 1 saturated carbocycles. The van der Waals surface area contributed by atoms with Crippen LogP contribution in [0.4, 0.5) is 10.1 Å². The molecule has 4 aliphatic rings. The zero-order valence-corrected chi connectivity index (χ0v) is 24.3. The largest absolute Gasteiger partial charge is 0.494 e. The molecule has 3 aliphatic heterocycles. The second-order valence-electron chi connectivity index (χ2n) is 12.6. The summed E-state index contributed by atoms with van der Waals surface area (Å²) < 4.78 is 33.6. The predicted octanol–water partition coefficient (Wildman–Crippen LogP) is 4.60. The molecular formula is C30H35BClFN2O5. The molecule has 0 aromatic heterocycles. The average molecular weight is 569 g/mol. The lowest BCUT2D eigenvalue weighted by Gasteiger charge is -2.47. The van der Waals surface area contributed by atoms with Gasteiger partial charge in [0.05, 0.1) is 23.3 Å². The van der Waals surface area contributed by atoms with Crippen LogP contribution in [0, 0.1) is 5.82 Å². The van der Waals surface area contributed by atoms with Crippen LogP contribution < -0.4 is 16.1 Å². The molecule has 1 amide bonds. The molecule has 2 aromatic rings. The number of esters is 1. The predicted molar refractivity (Wildman–Crippen MR) is 151 cm³/mol. The van der Waals surface area contributed by atoms with Gasteiger partial charge in [-0.1, -0.05) is 55.1 Å². The van der Waals surface area contributed by atoms with Crippen molar-refractivity contribution in [2.24, 2.45) is 0 Å². The van der Waals surface area contributed by atoms with E-state index in [-0.39, 0.29) is 16.5 Å². The summed E-state index contributed by atoms with van der Waals surface area (Å²) in [6.45, 7) is 7.97. The summed E-state index contributed by atoms with van der Waals surface area (Å²) in [5.41, 5.74) is -0.780. The molecule has 0 unspecified atom stereocenters. The molecule has 7 nitrogen and oxygen atoms in total. The molecule has 2 spiro atoms. The third kappa shape index (κ3) is 3.67. The molecule has 0 bridgehead atoms. The summed E-state index contributed by atoms with van der Waals surface area (Å²) in [6.07, 6.45) is 4.09. The molecule has 2 saturated heterocycles. The van der Waals surface area contributed by atoms with Crippen LogP contribution >= 0.6 is 11.6 Å². The number of carbonyl (C=O) groups excluding carboxylic acids is 2. The number of anilines is 1. The van der Waals surface area contributed by atoms with Crippen LogP contribution in [0.2, 0.25) is 5.02 Å². The van der Waals surface area contributed by atoms with Gasteiger partial charge in [-0.25, -0.2) is 4.39 Å². The van der Waals surface area contributed by atoms with Crippen molar-refractivity contribution in [3.05, 3.63) is 58.4 Å². The van der Waals surface area contributed by atoms with Crippen LogP contribution in [0.25, 0.3) is 0 Å². The van der Waals surface area contributed by atoms with Gasteiger partial charge in [-0.15, -0.1) is 0 Å². The third-order valence-electron chi connectivity index (χ3n) is 10.1. The molecule has 212 valence electrons. The van der Waals surface area contributed by atoms with Gasteiger partial charge in [-0.05, 0) is 69.3 Å². The monoisotopic (exact) mass is 568 g/mol. The number of rotatable bonds is 3. The Hall–Kier alpha value is -2.46. The topological polar surface area (TPSA) is 85.9 Å². The Kier molecular flexibility index (Phi) is 6.43. The van der Waals surface area contributed by atoms with Gasteiger partial charge in [-0.2, -0.15) is 0 Å². The Labute approximate surface area is 239 Å². The number of methoxy groups -OCH3 is 1. The van der Waals surface area contributed by atoms with E-state index in [4.69, 9.17) is 25.6 Å². The van der Waals surface area contributed by atoms with Gasteiger partial charge in [0.1, 0.15) is 17.3 Å². The van der Waals surface area contributed by atoms with Gasteiger partial charge < -0.3 is 19.4 Å². The molecule has 6 rings (SSSR count). The van der Waals surface area contributed by atoms with Crippen molar-refractivity contribution < 1.29 is 28.0 Å². The third-order valence-corrected chi connectivity index (χ3v) is 10.4. The minimum Gasteiger partial charge on any atom is -0.468 e. The molecule has 40 heavy (non-hydrogen) atoms. The maximum Gasteiger partial charge on any atom is 0.494 e. The van der Waals surface area contributed by atoms with Crippen LogP contribution in [0.1, 0.15) is 76.8 Å². The molecule has 0 radical (unpaired) electrons. The van der Waals surface area contributed by atoms with Crippen LogP contribution in [0.5, 0.6) is 0 Å². The van der Waals surface area contributed by atoms with Crippen LogP contribution in [0.15, 0.2) is 36.4 Å². The van der Waals surface area contributed by atoms with E-state index < -0.39 is 53.0 Å². The second-order valence-corrected chi connectivity index (χ2v) is 13.0. The highest BCUT2D eigenvalue weighted by Gasteiger charge is 2.72. The first kappa shape index (κ1) is 27.7. The van der Waals surface area contributed by atoms with E-state index in [0.717, 1.165) is 30.3 Å². The number of hydrogen-bond donors (Lipinski definition) is 2. The molecule has 1 aliphatic carbocycles. The average Bonchev–Trinajstić information content (AvgIpc) is 3.45. The first-order chi connectivity index (χ1) is 18.9. The van der Waals surface area contributed by atoms with E-state index in [1.54, 1.807) is 12.1 Å². The number of hydrogen-bond acceptors (Lipinski definition) is 6. The van der Waals surface area contributed by atoms with Crippen molar-refractivity contribution >= 4 is 41.7 Å². The normalized spacial score (nSPS) is 29.6. The lowest BCUT2D eigenvalue weighted by Crippen LogP contribution is -2.60. The number of fused-ring (bicyclic) bond motifs is 3. The summed E-state index contributed by atoms with van der Waals surface area (Å²) in [5.74, 6) is -2.33. The lowest BCUT2D eigenvalue weighted by atomic mass is 9.55. The van der Waals surface area contributed by atoms with E-state index >= 15 is 4.39 Å². The van der Waals surface area contributed by atoms with E-state index in [2.05, 4.69) is 10.6 Å². The number of nitrogens with one attached hydrogen (secondary N) is 2. The molecule has 3 heterocycles. The maximum atomic E-state index is 15.8. The SMILES string of the molecule is COC(=O)[C@@H]1NC2(CCCCC2)[C@@]2(C(=O)Nc3cc(B4OC(C)(C)C(C)(C)O4)ccc32)[C@H]1c1cccc(Cl)c1F. The Morgan fingerprint density at radius 3 is 2.40 bits per heavy atom. The molecule has 10 heteroatoms. The molecule has 2 N–H and O–H groups in total. The molecular weight excluding hydrogens is 534 g/mol. The summed E-state index contributed by atoms with van der Waals surface area (Å²) in [7, 11) is 0.700. The number of carbonyl (C=O) groups is 2. The Morgan fingerprint density at radius 2 is 1.75 bits per heavy atom. The van der Waals surface area contributed by atoms with Crippen molar-refractivity contribution in [1.82, 2.24) is 5.32 Å². The molecule has 2 aromatic carbocycles. The number of benzene rings is 2. The molecule has 3 fully saturated rings. The first-order valence-electron chi connectivity index (χ1n) is 14.0. The van der Waals surface area contributed by atoms with Crippen molar-refractivity contribution in [3.63, 3.8) is 0 Å². The highest BCUT2D eigenvalue weighted by molar-refractivity contribution is 6.62. The van der Waals surface area contributed by atoms with Crippen LogP contribution in [-0.2, 0) is 29.0 Å². The first-order valence-corrected chi connectivity index (χ1v) is 14.4. The van der Waals surface area contributed by atoms with Crippen LogP contribution in [0.3, 0.4) is 0 Å². The van der Waals surface area contributed by atoms with Crippen molar-refractivity contribution in [2.45, 2.75) is 93.9 Å². The van der Waals surface area contributed by atoms with Gasteiger partial charge in [-0.3, -0.25) is 14.9 Å². The molecule has 3 atom stereocenters. The van der Waals surface area contributed by atoms with Gasteiger partial charge >= 0.3 is 13.1 Å². The summed E-state index contributed by atoms with van der Waals surface area (Å²) in [6, 6.07) is 9.52. The quantitative estimate of drug-likeness (QED) is 0.416. The number of amides is 1. The van der Waals surface area contributed by atoms with Crippen molar-refractivity contribution in [2.75, 3.05) is 12.4 Å². The smallest absolute Gasteiger partial charge is 0.468 e.